The Bertz CT molecular complexity index is 101. The van der Waals surface area contributed by atoms with Gasteiger partial charge in [0.1, 0.15) is 0 Å². The first-order valence-corrected chi connectivity index (χ1v) is 2.76. The van der Waals surface area contributed by atoms with Gasteiger partial charge in [0, 0.05) is 0 Å². The fourth-order valence-electron chi connectivity index (χ4n) is 0.280. The lowest BCUT2D eigenvalue weighted by molar-refractivity contribution is -0.112. The topological polar surface area (TPSA) is 17.1 Å². The van der Waals surface area contributed by atoms with Gasteiger partial charge in [-0.3, -0.25) is 4.79 Å². The van der Waals surface area contributed by atoms with Crippen LogP contribution in [0, 0.1) is 0 Å². The quantitative estimate of drug-likeness (QED) is 0.539. The summed E-state index contributed by atoms with van der Waals surface area (Å²) >= 11 is 3.12. The smallest absolute Gasteiger partial charge is 0.153 e. The third kappa shape index (κ3) is 5.89. The number of carbonyl (C=O) groups excluding carboxylic acids is 1. The van der Waals surface area contributed by atoms with Crippen LogP contribution in [0.5, 0.6) is 0 Å². The van der Waals surface area contributed by atoms with E-state index in [9.17, 15) is 4.79 Å². The largest absolute Gasteiger partial charge is 0.295 e. The zero-order chi connectivity index (χ0) is 5.86. The second-order valence-corrected chi connectivity index (χ2v) is 2.59. The predicted molar refractivity (Wildman–Crippen MR) is 33.4 cm³/mol. The first-order chi connectivity index (χ1) is 3.13. The molecule has 0 bridgehead atoms. The highest BCUT2D eigenvalue weighted by Gasteiger charge is 1.82. The summed E-state index contributed by atoms with van der Waals surface area (Å²) in [5.41, 5.74) is 0. The average Bonchev–Trinajstić information content (AvgIpc) is 1.27. The second kappa shape index (κ2) is 2.97. The normalized spacial score (nSPS) is 11.6. The molecule has 0 saturated carbocycles. The van der Waals surface area contributed by atoms with Gasteiger partial charge < -0.3 is 0 Å². The van der Waals surface area contributed by atoms with Gasteiger partial charge in [0.2, 0.25) is 0 Å². The van der Waals surface area contributed by atoms with E-state index in [0.29, 0.717) is 0 Å². The molecule has 0 atom stereocenters. The Hall–Kier alpha value is -0.110. The standard InChI is InChI=1S/C5H7BrO/c1-4(6)3-5(2)7/h3H,1-2H3/b4-3+. The van der Waals surface area contributed by atoms with E-state index in [1.54, 1.807) is 0 Å². The molecule has 7 heavy (non-hydrogen) atoms. The molecule has 0 aliphatic carbocycles. The van der Waals surface area contributed by atoms with E-state index in [0.717, 1.165) is 4.48 Å². The maximum atomic E-state index is 10.1. The van der Waals surface area contributed by atoms with Crippen molar-refractivity contribution in [3.63, 3.8) is 0 Å². The molecular weight excluding hydrogens is 156 g/mol. The van der Waals surface area contributed by atoms with Crippen LogP contribution in [0.4, 0.5) is 0 Å². The summed E-state index contributed by atoms with van der Waals surface area (Å²) in [6.45, 7) is 3.34. The van der Waals surface area contributed by atoms with Crippen molar-refractivity contribution >= 4 is 21.7 Å². The summed E-state index contributed by atoms with van der Waals surface area (Å²) < 4.78 is 0.875. The zero-order valence-electron chi connectivity index (χ0n) is 4.36. The van der Waals surface area contributed by atoms with E-state index < -0.39 is 0 Å². The number of hydrogen-bond donors (Lipinski definition) is 0. The highest BCUT2D eigenvalue weighted by Crippen LogP contribution is 2.00. The Morgan fingerprint density at radius 3 is 2.00 bits per heavy atom. The molecule has 0 fully saturated rings. The minimum Gasteiger partial charge on any atom is -0.295 e. The fraction of sp³-hybridized carbons (Fsp3) is 0.400. The molecule has 0 aromatic rings. The Balaban J connectivity index is 3.68. The number of allylic oxidation sites excluding steroid dienone is 2. The number of hydrogen-bond acceptors (Lipinski definition) is 1. The van der Waals surface area contributed by atoms with E-state index in [1.807, 2.05) is 6.92 Å². The van der Waals surface area contributed by atoms with Gasteiger partial charge in [-0.25, -0.2) is 0 Å². The first kappa shape index (κ1) is 6.89. The molecule has 0 saturated heterocycles. The van der Waals surface area contributed by atoms with Crippen LogP contribution in [0.1, 0.15) is 13.8 Å². The number of ketones is 1. The van der Waals surface area contributed by atoms with E-state index in [1.165, 1.54) is 13.0 Å². The molecule has 0 aliphatic heterocycles. The number of rotatable bonds is 1. The van der Waals surface area contributed by atoms with Crippen molar-refractivity contribution in [3.05, 3.63) is 10.6 Å². The second-order valence-electron chi connectivity index (χ2n) is 1.34. The Morgan fingerprint density at radius 2 is 2.00 bits per heavy atom. The Labute approximate surface area is 51.5 Å². The van der Waals surface area contributed by atoms with Crippen LogP contribution < -0.4 is 0 Å². The lowest BCUT2D eigenvalue weighted by atomic mass is 10.4. The van der Waals surface area contributed by atoms with Crippen LogP contribution in [0.25, 0.3) is 0 Å². The maximum absolute atomic E-state index is 10.1. The molecule has 0 N–H and O–H groups in total. The highest BCUT2D eigenvalue weighted by molar-refractivity contribution is 9.11. The van der Waals surface area contributed by atoms with Crippen LogP contribution in [0.15, 0.2) is 10.6 Å². The molecule has 40 valence electrons. The van der Waals surface area contributed by atoms with Crippen molar-refractivity contribution < 1.29 is 4.79 Å². The van der Waals surface area contributed by atoms with E-state index in [4.69, 9.17) is 0 Å². The summed E-state index contributed by atoms with van der Waals surface area (Å²) in [4.78, 5) is 10.1. The third-order valence-electron chi connectivity index (χ3n) is 0.402. The molecule has 0 amide bonds. The van der Waals surface area contributed by atoms with Gasteiger partial charge in [-0.05, 0) is 24.4 Å². The minimum atomic E-state index is 0.0781. The first-order valence-electron chi connectivity index (χ1n) is 1.97. The zero-order valence-corrected chi connectivity index (χ0v) is 5.95. The van der Waals surface area contributed by atoms with Crippen molar-refractivity contribution in [2.24, 2.45) is 0 Å². The van der Waals surface area contributed by atoms with Gasteiger partial charge in [-0.2, -0.15) is 0 Å². The SMILES string of the molecule is CC(=O)/C=C(\C)Br. The van der Waals surface area contributed by atoms with Crippen LogP contribution in [0.3, 0.4) is 0 Å². The molecule has 0 rings (SSSR count). The van der Waals surface area contributed by atoms with E-state index >= 15 is 0 Å². The molecular formula is C5H7BrO. The van der Waals surface area contributed by atoms with Crippen LogP contribution in [-0.4, -0.2) is 5.78 Å². The van der Waals surface area contributed by atoms with Gasteiger partial charge in [0.05, 0.1) is 0 Å². The van der Waals surface area contributed by atoms with Crippen LogP contribution in [-0.2, 0) is 4.79 Å². The summed E-state index contributed by atoms with van der Waals surface area (Å²) in [7, 11) is 0. The lowest BCUT2D eigenvalue weighted by Crippen LogP contribution is -1.79. The molecule has 0 radical (unpaired) electrons. The van der Waals surface area contributed by atoms with Crippen molar-refractivity contribution in [2.45, 2.75) is 13.8 Å². The summed E-state index contributed by atoms with van der Waals surface area (Å²) in [5, 5.41) is 0. The van der Waals surface area contributed by atoms with E-state index in [2.05, 4.69) is 15.9 Å². The lowest BCUT2D eigenvalue weighted by Gasteiger charge is -1.78. The molecule has 0 aromatic heterocycles. The van der Waals surface area contributed by atoms with Crippen molar-refractivity contribution in [2.75, 3.05) is 0 Å². The summed E-state index contributed by atoms with van der Waals surface area (Å²) in [6.07, 6.45) is 1.53. The summed E-state index contributed by atoms with van der Waals surface area (Å²) in [6, 6.07) is 0. The number of carbonyl (C=O) groups is 1. The van der Waals surface area contributed by atoms with Gasteiger partial charge in [0.25, 0.3) is 0 Å². The molecule has 0 aliphatic rings. The Morgan fingerprint density at radius 1 is 1.57 bits per heavy atom. The average molecular weight is 163 g/mol. The van der Waals surface area contributed by atoms with Gasteiger partial charge in [0.15, 0.2) is 5.78 Å². The van der Waals surface area contributed by atoms with Crippen molar-refractivity contribution in [1.82, 2.24) is 0 Å². The molecule has 0 aromatic carbocycles. The molecule has 0 heterocycles. The minimum absolute atomic E-state index is 0.0781. The molecule has 1 nitrogen and oxygen atoms in total. The molecule has 0 unspecified atom stereocenters. The van der Waals surface area contributed by atoms with Crippen molar-refractivity contribution in [3.8, 4) is 0 Å². The monoisotopic (exact) mass is 162 g/mol. The Kier molecular flexibility index (Phi) is 2.92. The molecule has 0 spiro atoms. The maximum Gasteiger partial charge on any atom is 0.153 e. The van der Waals surface area contributed by atoms with Crippen LogP contribution >= 0.6 is 15.9 Å². The predicted octanol–water partition coefficient (Wildman–Crippen LogP) is 1.87. The van der Waals surface area contributed by atoms with E-state index in [-0.39, 0.29) is 5.78 Å². The summed E-state index contributed by atoms with van der Waals surface area (Å²) in [5.74, 6) is 0.0781. The van der Waals surface area contributed by atoms with Crippen molar-refractivity contribution in [1.29, 1.82) is 0 Å². The van der Waals surface area contributed by atoms with Gasteiger partial charge >= 0.3 is 0 Å². The number of halogens is 1. The van der Waals surface area contributed by atoms with Gasteiger partial charge in [-0.1, -0.05) is 15.9 Å². The van der Waals surface area contributed by atoms with Gasteiger partial charge in [-0.15, -0.1) is 0 Å². The highest BCUT2D eigenvalue weighted by atomic mass is 79.9. The third-order valence-corrected chi connectivity index (χ3v) is 0.631. The van der Waals surface area contributed by atoms with Crippen LogP contribution in [0.2, 0.25) is 0 Å². The molecule has 2 heteroatoms. The fourth-order valence-corrected chi connectivity index (χ4v) is 0.602.